The number of aryl methyl sites for hydroxylation is 1. The highest BCUT2D eigenvalue weighted by Crippen LogP contribution is 2.42. The van der Waals surface area contributed by atoms with E-state index in [1.54, 1.807) is 18.8 Å². The van der Waals surface area contributed by atoms with E-state index in [2.05, 4.69) is 34.1 Å². The number of thiazole rings is 1. The number of nitrogens with zero attached hydrogens (tertiary/aromatic N) is 2. The van der Waals surface area contributed by atoms with Crippen molar-refractivity contribution in [2.24, 2.45) is 4.99 Å². The van der Waals surface area contributed by atoms with Crippen molar-refractivity contribution in [2.45, 2.75) is 18.9 Å². The van der Waals surface area contributed by atoms with Crippen LogP contribution >= 0.6 is 38.9 Å². The van der Waals surface area contributed by atoms with Crippen molar-refractivity contribution >= 4 is 50.6 Å². The highest BCUT2D eigenvalue weighted by molar-refractivity contribution is 9.10. The number of rotatable bonds is 4. The minimum absolute atomic E-state index is 0.0926. The molecule has 1 unspecified atom stereocenters. The van der Waals surface area contributed by atoms with Gasteiger partial charge >= 0.3 is 0 Å². The van der Waals surface area contributed by atoms with Crippen LogP contribution in [0, 0.1) is 0 Å². The second-order valence-electron chi connectivity index (χ2n) is 8.87. The molecule has 0 saturated carbocycles. The fourth-order valence-corrected chi connectivity index (χ4v) is 7.03. The van der Waals surface area contributed by atoms with Crippen LogP contribution in [0.1, 0.15) is 34.7 Å². The highest BCUT2D eigenvalue weighted by atomic mass is 79.9. The molecule has 0 radical (unpaired) electrons. The lowest BCUT2D eigenvalue weighted by atomic mass is 9.83. The molecule has 1 aliphatic heterocycles. The van der Waals surface area contributed by atoms with Gasteiger partial charge in [0.2, 0.25) is 0 Å². The van der Waals surface area contributed by atoms with Crippen LogP contribution < -0.4 is 24.4 Å². The molecule has 0 amide bonds. The fraction of sp³-hybridized carbons (Fsp3) is 0.172. The summed E-state index contributed by atoms with van der Waals surface area (Å²) in [6.07, 6.45) is 3.59. The molecule has 2 heterocycles. The van der Waals surface area contributed by atoms with E-state index in [4.69, 9.17) is 26.1 Å². The summed E-state index contributed by atoms with van der Waals surface area (Å²) < 4.78 is 14.1. The molecule has 0 bridgehead atoms. The zero-order valence-corrected chi connectivity index (χ0v) is 23.3. The molecule has 37 heavy (non-hydrogen) atoms. The quantitative estimate of drug-likeness (QED) is 0.303. The molecule has 0 spiro atoms. The first-order valence-electron chi connectivity index (χ1n) is 11.8. The average Bonchev–Trinajstić information content (AvgIpc) is 3.21. The van der Waals surface area contributed by atoms with Gasteiger partial charge in [-0.15, -0.1) is 0 Å². The summed E-state index contributed by atoms with van der Waals surface area (Å²) in [4.78, 5) is 19.7. The molecule has 0 saturated heterocycles. The van der Waals surface area contributed by atoms with Gasteiger partial charge in [0.15, 0.2) is 16.3 Å². The predicted octanol–water partition coefficient (Wildman–Crippen LogP) is 5.75. The molecule has 0 fully saturated rings. The van der Waals surface area contributed by atoms with Crippen LogP contribution in [-0.2, 0) is 6.42 Å². The number of ether oxygens (including phenoxy) is 2. The molecular weight excluding hydrogens is 572 g/mol. The molecule has 8 heteroatoms. The van der Waals surface area contributed by atoms with Crippen LogP contribution in [0.2, 0.25) is 5.02 Å². The van der Waals surface area contributed by atoms with Crippen LogP contribution in [0.25, 0.3) is 11.8 Å². The number of fused-ring (bicyclic) bond motifs is 3. The van der Waals surface area contributed by atoms with Crippen LogP contribution in [0.3, 0.4) is 0 Å². The van der Waals surface area contributed by atoms with Gasteiger partial charge in [0.1, 0.15) is 0 Å². The smallest absolute Gasteiger partial charge is 0.271 e. The number of halogens is 2. The van der Waals surface area contributed by atoms with Crippen molar-refractivity contribution in [3.63, 3.8) is 0 Å². The second-order valence-corrected chi connectivity index (χ2v) is 11.1. The summed E-state index contributed by atoms with van der Waals surface area (Å²) in [6.45, 7) is 0. The molecule has 0 N–H and O–H groups in total. The topological polar surface area (TPSA) is 52.8 Å². The van der Waals surface area contributed by atoms with Crippen molar-refractivity contribution in [1.29, 1.82) is 0 Å². The minimum Gasteiger partial charge on any atom is -0.493 e. The van der Waals surface area contributed by atoms with Gasteiger partial charge in [-0.05, 0) is 75.3 Å². The number of methoxy groups -OCH3 is 2. The number of benzene rings is 3. The molecule has 186 valence electrons. The Kier molecular flexibility index (Phi) is 6.31. The maximum absolute atomic E-state index is 13.9. The monoisotopic (exact) mass is 592 g/mol. The van der Waals surface area contributed by atoms with Gasteiger partial charge in [-0.25, -0.2) is 4.99 Å². The molecular formula is C29H22BrClN2O3S. The number of allylic oxidation sites excluding steroid dienone is 1. The van der Waals surface area contributed by atoms with E-state index < -0.39 is 0 Å². The molecule has 5 nitrogen and oxygen atoms in total. The van der Waals surface area contributed by atoms with Gasteiger partial charge in [-0.1, -0.05) is 65.4 Å². The summed E-state index contributed by atoms with van der Waals surface area (Å²) in [6, 6.07) is 19.6. The molecule has 2 aliphatic rings. The van der Waals surface area contributed by atoms with Crippen molar-refractivity contribution in [1.82, 2.24) is 4.57 Å². The third-order valence-electron chi connectivity index (χ3n) is 6.83. The van der Waals surface area contributed by atoms with E-state index in [-0.39, 0.29) is 11.6 Å². The molecule has 1 aromatic heterocycles. The maximum Gasteiger partial charge on any atom is 0.271 e. The lowest BCUT2D eigenvalue weighted by Crippen LogP contribution is -2.38. The lowest BCUT2D eigenvalue weighted by Gasteiger charge is -2.31. The number of hydrogen-bond acceptors (Lipinski definition) is 5. The van der Waals surface area contributed by atoms with Crippen molar-refractivity contribution in [2.75, 3.05) is 14.2 Å². The summed E-state index contributed by atoms with van der Waals surface area (Å²) in [7, 11) is 3.18. The van der Waals surface area contributed by atoms with Crippen molar-refractivity contribution < 1.29 is 9.47 Å². The molecule has 3 aromatic carbocycles. The van der Waals surface area contributed by atoms with E-state index in [0.29, 0.717) is 25.9 Å². The third-order valence-corrected chi connectivity index (χ3v) is 8.74. The summed E-state index contributed by atoms with van der Waals surface area (Å²) in [5, 5.41) is 0.638. The van der Waals surface area contributed by atoms with E-state index in [1.165, 1.54) is 16.9 Å². The van der Waals surface area contributed by atoms with Crippen molar-refractivity contribution in [3.8, 4) is 11.5 Å². The van der Waals surface area contributed by atoms with Crippen molar-refractivity contribution in [3.05, 3.63) is 118 Å². The second kappa shape index (κ2) is 9.63. The average molecular weight is 594 g/mol. The lowest BCUT2D eigenvalue weighted by molar-refractivity contribution is 0.353. The van der Waals surface area contributed by atoms with Gasteiger partial charge in [0.25, 0.3) is 5.56 Å². The zero-order chi connectivity index (χ0) is 25.7. The van der Waals surface area contributed by atoms with Gasteiger partial charge in [-0.3, -0.25) is 9.36 Å². The fourth-order valence-electron chi connectivity index (χ4n) is 5.17. The van der Waals surface area contributed by atoms with Crippen LogP contribution in [0.5, 0.6) is 11.5 Å². The summed E-state index contributed by atoms with van der Waals surface area (Å²) >= 11 is 11.7. The minimum atomic E-state index is -0.312. The Morgan fingerprint density at radius 1 is 1.08 bits per heavy atom. The molecule has 1 atom stereocenters. The standard InChI is InChI=1S/C29H22BrClN2O3S/c1-35-23-14-16(13-21(30)27(23)36-2)15-24-28(34)33-26(19-9-5-6-10-22(19)31)20-12-11-17-7-3-4-8-18(17)25(20)32-29(33)37-24/h3-10,13-15,26H,11-12H2,1-2H3. The van der Waals surface area contributed by atoms with Gasteiger partial charge in [0.05, 0.1) is 35.0 Å². The number of hydrogen-bond donors (Lipinski definition) is 0. The first kappa shape index (κ1) is 24.2. The highest BCUT2D eigenvalue weighted by Gasteiger charge is 2.33. The normalized spacial score (nSPS) is 16.5. The number of aromatic nitrogens is 1. The maximum atomic E-state index is 13.9. The van der Waals surface area contributed by atoms with E-state index in [9.17, 15) is 4.79 Å². The van der Waals surface area contributed by atoms with E-state index >= 15 is 0 Å². The summed E-state index contributed by atoms with van der Waals surface area (Å²) in [5.74, 6) is 1.18. The van der Waals surface area contributed by atoms with Crippen LogP contribution in [0.4, 0.5) is 0 Å². The first-order valence-corrected chi connectivity index (χ1v) is 13.8. The Labute approximate surface area is 231 Å². The summed E-state index contributed by atoms with van der Waals surface area (Å²) in [5.41, 5.74) is 6.11. The SMILES string of the molecule is COc1cc(C=c2sc3n(c2=O)C(c2ccccc2Cl)C2=C(N=3)c3ccccc3CC2)cc(Br)c1OC. The Hall–Kier alpha value is -3.13. The molecule has 1 aliphatic carbocycles. The first-order chi connectivity index (χ1) is 18.0. The Morgan fingerprint density at radius 2 is 1.86 bits per heavy atom. The van der Waals surface area contributed by atoms with Gasteiger partial charge in [-0.2, -0.15) is 0 Å². The molecule has 6 rings (SSSR count). The Balaban J connectivity index is 1.61. The van der Waals surface area contributed by atoms with Gasteiger partial charge < -0.3 is 9.47 Å². The predicted molar refractivity (Wildman–Crippen MR) is 151 cm³/mol. The third kappa shape index (κ3) is 4.06. The molecule has 4 aromatic rings. The van der Waals surface area contributed by atoms with Gasteiger partial charge in [0, 0.05) is 10.6 Å². The Bertz CT molecular complexity index is 1770. The Morgan fingerprint density at radius 3 is 2.65 bits per heavy atom. The van der Waals surface area contributed by atoms with E-state index in [1.807, 2.05) is 48.5 Å². The van der Waals surface area contributed by atoms with E-state index in [0.717, 1.165) is 45.3 Å². The van der Waals surface area contributed by atoms with Crippen LogP contribution in [-0.4, -0.2) is 18.8 Å². The largest absolute Gasteiger partial charge is 0.493 e. The van der Waals surface area contributed by atoms with Crippen LogP contribution in [0.15, 0.2) is 80.5 Å². The zero-order valence-electron chi connectivity index (χ0n) is 20.1.